The molecule has 0 spiro atoms. The Kier molecular flexibility index (Phi) is 14.6. The van der Waals surface area contributed by atoms with Gasteiger partial charge in [-0.25, -0.2) is 4.98 Å². The number of carbonyl (C=O) groups excluding carboxylic acids is 1. The van der Waals surface area contributed by atoms with Crippen LogP contribution in [-0.4, -0.2) is 61.9 Å². The maximum atomic E-state index is 12.7. The first-order valence-electron chi connectivity index (χ1n) is 15.3. The Balaban J connectivity index is 1.15. The molecule has 46 heavy (non-hydrogen) atoms. The molecular formula is C35H41Cl2N3O5S. The first kappa shape index (κ1) is 35.7. The summed E-state index contributed by atoms with van der Waals surface area (Å²) in [7, 11) is 0. The monoisotopic (exact) mass is 685 g/mol. The number of thiazole rings is 1. The minimum atomic E-state index is -0.341. The highest BCUT2D eigenvalue weighted by Gasteiger charge is 2.19. The zero-order valence-corrected chi connectivity index (χ0v) is 28.6. The van der Waals surface area contributed by atoms with Gasteiger partial charge in [-0.05, 0) is 68.4 Å². The van der Waals surface area contributed by atoms with Crippen molar-refractivity contribution < 1.29 is 23.7 Å². The molecule has 8 nitrogen and oxygen atoms in total. The van der Waals surface area contributed by atoms with Crippen molar-refractivity contribution in [3.8, 4) is 5.19 Å². The van der Waals surface area contributed by atoms with Gasteiger partial charge in [-0.2, -0.15) is 0 Å². The van der Waals surface area contributed by atoms with E-state index in [4.69, 9.17) is 42.1 Å². The van der Waals surface area contributed by atoms with Crippen LogP contribution in [0.3, 0.4) is 0 Å². The first-order chi connectivity index (χ1) is 22.4. The highest BCUT2D eigenvalue weighted by atomic mass is 35.5. The third kappa shape index (κ3) is 11.0. The van der Waals surface area contributed by atoms with Crippen LogP contribution in [0.1, 0.15) is 52.9 Å². The molecule has 3 aromatic rings. The lowest BCUT2D eigenvalue weighted by Crippen LogP contribution is -2.27. The van der Waals surface area contributed by atoms with Crippen molar-refractivity contribution in [3.63, 3.8) is 0 Å². The molecule has 1 unspecified atom stereocenters. The van der Waals surface area contributed by atoms with Gasteiger partial charge in [0.15, 0.2) is 0 Å². The molecule has 1 amide bonds. The van der Waals surface area contributed by atoms with Gasteiger partial charge in [0.25, 0.3) is 11.1 Å². The van der Waals surface area contributed by atoms with Gasteiger partial charge < -0.3 is 29.2 Å². The Morgan fingerprint density at radius 3 is 2.59 bits per heavy atom. The second-order valence-corrected chi connectivity index (χ2v) is 12.3. The number of hydrogen-bond acceptors (Lipinski definition) is 8. The standard InChI is InChI=1S/C35H41Cl2N3O5S/c1-4-15-40(5-2)23-32(28-13-10-25(3)21-30(28)37)45-24-27-12-11-26(22-29(27)36)34(41)38-14-16-42-17-18-43-19-20-44-35-39-31-8-6-7-9-33(31)46-35/h4-5,8-13,15,21-22,32H,2,6-7,14,16-20,23-24H2,1,3H3,(H,38,41)/b15-4-. The van der Waals surface area contributed by atoms with Gasteiger partial charge in [-0.3, -0.25) is 4.79 Å². The average Bonchev–Trinajstić information content (AvgIpc) is 3.47. The van der Waals surface area contributed by atoms with Crippen LogP contribution in [0.2, 0.25) is 10.0 Å². The Morgan fingerprint density at radius 2 is 1.85 bits per heavy atom. The number of carbonyl (C=O) groups is 1. The van der Waals surface area contributed by atoms with E-state index < -0.39 is 0 Å². The van der Waals surface area contributed by atoms with E-state index in [-0.39, 0.29) is 18.6 Å². The molecule has 2 aromatic carbocycles. The van der Waals surface area contributed by atoms with E-state index in [0.717, 1.165) is 34.9 Å². The Bertz CT molecular complexity index is 1580. The summed E-state index contributed by atoms with van der Waals surface area (Å²) in [5.74, 6) is -0.234. The molecule has 0 saturated carbocycles. The van der Waals surface area contributed by atoms with Crippen molar-refractivity contribution in [1.29, 1.82) is 0 Å². The smallest absolute Gasteiger partial charge is 0.274 e. The summed E-state index contributed by atoms with van der Waals surface area (Å²) in [5, 5.41) is 5.63. The van der Waals surface area contributed by atoms with Gasteiger partial charge in [0, 0.05) is 27.7 Å². The average molecular weight is 687 g/mol. The Hall–Kier alpha value is -3.18. The molecule has 1 aromatic heterocycles. The second-order valence-electron chi connectivity index (χ2n) is 10.5. The van der Waals surface area contributed by atoms with E-state index in [0.29, 0.717) is 66.9 Å². The number of fused-ring (bicyclic) bond motifs is 1. The van der Waals surface area contributed by atoms with Crippen molar-refractivity contribution in [2.75, 3.05) is 46.1 Å². The van der Waals surface area contributed by atoms with Crippen molar-refractivity contribution in [2.24, 2.45) is 0 Å². The van der Waals surface area contributed by atoms with Crippen LogP contribution in [-0.2, 0) is 20.8 Å². The highest BCUT2D eigenvalue weighted by Crippen LogP contribution is 2.30. The number of rotatable bonds is 19. The van der Waals surface area contributed by atoms with E-state index >= 15 is 0 Å². The predicted molar refractivity (Wildman–Crippen MR) is 186 cm³/mol. The number of allylic oxidation sites excluding steroid dienone is 1. The van der Waals surface area contributed by atoms with Gasteiger partial charge in [-0.15, -0.1) is 0 Å². The molecule has 0 saturated heterocycles. The van der Waals surface area contributed by atoms with Gasteiger partial charge in [0.05, 0.1) is 49.5 Å². The largest absolute Gasteiger partial charge is 0.468 e. The SMILES string of the molecule is C=CN(/C=C\C)CC(OCc1ccc(C(=O)NCCOCCOCCOc2nc3c(s2)=CCCC=3)cc1Cl)c1ccc(C)cc1Cl. The fourth-order valence-electron chi connectivity index (χ4n) is 4.67. The third-order valence-corrected chi connectivity index (χ3v) is 8.72. The third-order valence-electron chi connectivity index (χ3n) is 7.06. The maximum absolute atomic E-state index is 12.7. The maximum Gasteiger partial charge on any atom is 0.274 e. The number of hydrogen-bond donors (Lipinski definition) is 1. The van der Waals surface area contributed by atoms with Crippen molar-refractivity contribution >= 4 is 52.6 Å². The minimum Gasteiger partial charge on any atom is -0.468 e. The first-order valence-corrected chi connectivity index (χ1v) is 16.9. The number of benzene rings is 2. The molecule has 0 aliphatic heterocycles. The van der Waals surface area contributed by atoms with Crippen LogP contribution in [0.25, 0.3) is 12.2 Å². The summed E-state index contributed by atoms with van der Waals surface area (Å²) < 4.78 is 24.3. The van der Waals surface area contributed by atoms with Crippen molar-refractivity contribution in [2.45, 2.75) is 39.4 Å². The van der Waals surface area contributed by atoms with Crippen molar-refractivity contribution in [3.05, 3.63) is 104 Å². The molecule has 4 rings (SSSR count). The van der Waals surface area contributed by atoms with Gasteiger partial charge in [0.2, 0.25) is 0 Å². The predicted octanol–water partition coefficient (Wildman–Crippen LogP) is 6.19. The van der Waals surface area contributed by atoms with Crippen LogP contribution in [0.5, 0.6) is 5.19 Å². The fourth-order valence-corrected chi connectivity index (χ4v) is 6.17. The number of nitrogens with zero attached hydrogens (tertiary/aromatic N) is 2. The van der Waals surface area contributed by atoms with Crippen molar-refractivity contribution in [1.82, 2.24) is 15.2 Å². The summed E-state index contributed by atoms with van der Waals surface area (Å²) in [4.78, 5) is 19.1. The molecule has 1 heterocycles. The van der Waals surface area contributed by atoms with Gasteiger partial charge in [-0.1, -0.05) is 77.5 Å². The van der Waals surface area contributed by atoms with Crippen LogP contribution in [0.15, 0.2) is 61.5 Å². The topological polar surface area (TPSA) is 82.2 Å². The van der Waals surface area contributed by atoms with Gasteiger partial charge >= 0.3 is 0 Å². The highest BCUT2D eigenvalue weighted by molar-refractivity contribution is 7.11. The van der Waals surface area contributed by atoms with Crippen LogP contribution >= 0.6 is 34.5 Å². The molecule has 0 fully saturated rings. The molecule has 1 aliphatic rings. The molecule has 0 bridgehead atoms. The molecule has 1 N–H and O–H groups in total. The number of amides is 1. The van der Waals surface area contributed by atoms with E-state index in [2.05, 4.69) is 29.0 Å². The number of aromatic nitrogens is 1. The van der Waals surface area contributed by atoms with Gasteiger partial charge in [0.1, 0.15) is 12.7 Å². The molecule has 246 valence electrons. The minimum absolute atomic E-state index is 0.234. The fraction of sp³-hybridized carbons (Fsp3) is 0.371. The second kappa shape index (κ2) is 18.8. The number of halogens is 2. The zero-order chi connectivity index (χ0) is 32.7. The van der Waals surface area contributed by atoms with E-state index in [1.165, 1.54) is 4.53 Å². The van der Waals surface area contributed by atoms with Crippen LogP contribution in [0.4, 0.5) is 0 Å². The molecule has 1 aliphatic carbocycles. The molecule has 1 atom stereocenters. The van der Waals surface area contributed by atoms with Crippen LogP contribution < -0.4 is 19.9 Å². The quantitative estimate of drug-likeness (QED) is 0.151. The van der Waals surface area contributed by atoms with E-state index in [1.54, 1.807) is 35.7 Å². The number of nitrogens with one attached hydrogen (secondary N) is 1. The lowest BCUT2D eigenvalue weighted by Gasteiger charge is -2.25. The van der Waals surface area contributed by atoms with E-state index in [1.807, 2.05) is 49.2 Å². The number of ether oxygens (including phenoxy) is 4. The summed E-state index contributed by atoms with van der Waals surface area (Å²) in [6.45, 7) is 11.0. The van der Waals surface area contributed by atoms with Crippen LogP contribution in [0, 0.1) is 6.92 Å². The Labute approximate surface area is 284 Å². The van der Waals surface area contributed by atoms with E-state index in [9.17, 15) is 4.79 Å². The lowest BCUT2D eigenvalue weighted by molar-refractivity contribution is 0.0287. The summed E-state index contributed by atoms with van der Waals surface area (Å²) in [6.07, 6.45) is 11.7. The summed E-state index contributed by atoms with van der Waals surface area (Å²) >= 11 is 14.7. The molecule has 0 radical (unpaired) electrons. The lowest BCUT2D eigenvalue weighted by atomic mass is 10.1. The normalized spacial score (nSPS) is 13.0. The summed E-state index contributed by atoms with van der Waals surface area (Å²) in [6, 6.07) is 11.1. The molecule has 11 heteroatoms. The Morgan fingerprint density at radius 1 is 1.07 bits per heavy atom. The number of aryl methyl sites for hydroxylation is 1. The summed E-state index contributed by atoms with van der Waals surface area (Å²) in [5.41, 5.74) is 3.16. The zero-order valence-electron chi connectivity index (χ0n) is 26.3. The molecular weight excluding hydrogens is 645 g/mol.